The molecule has 0 radical (unpaired) electrons. The third kappa shape index (κ3) is 6.64. The summed E-state index contributed by atoms with van der Waals surface area (Å²) < 4.78 is 15.5. The first kappa shape index (κ1) is 21.3. The second-order valence-corrected chi connectivity index (χ2v) is 5.37. The lowest BCUT2D eigenvalue weighted by Crippen LogP contribution is -2.41. The van der Waals surface area contributed by atoms with Crippen LogP contribution in [0.1, 0.15) is 23.7 Å². The minimum atomic E-state index is -0.797. The van der Waals surface area contributed by atoms with E-state index in [1.807, 2.05) is 12.2 Å². The molecule has 1 aromatic rings. The molecule has 26 heavy (non-hydrogen) atoms. The number of methoxy groups -OCH3 is 1. The van der Waals surface area contributed by atoms with Crippen LogP contribution in [0, 0.1) is 0 Å². The zero-order valence-electron chi connectivity index (χ0n) is 14.6. The molecule has 2 N–H and O–H groups in total. The maximum atomic E-state index is 12.1. The van der Waals surface area contributed by atoms with Crippen molar-refractivity contribution in [2.45, 2.75) is 13.3 Å². The molecule has 142 valence electrons. The lowest BCUT2D eigenvalue weighted by molar-refractivity contribution is -0.123. The van der Waals surface area contributed by atoms with Gasteiger partial charge in [0.25, 0.3) is 5.91 Å². The van der Waals surface area contributed by atoms with E-state index in [-0.39, 0.29) is 22.9 Å². The van der Waals surface area contributed by atoms with Crippen molar-refractivity contribution >= 4 is 29.5 Å². The number of esters is 1. The average molecular weight is 385 g/mol. The fraction of sp³-hybridized carbons (Fsp3) is 0.353. The molecule has 1 rings (SSSR count). The van der Waals surface area contributed by atoms with E-state index in [0.717, 1.165) is 6.42 Å². The molecule has 0 heterocycles. The first-order valence-corrected chi connectivity index (χ1v) is 8.16. The van der Waals surface area contributed by atoms with Crippen LogP contribution in [0.5, 0.6) is 11.5 Å². The van der Waals surface area contributed by atoms with Crippen LogP contribution < -0.4 is 20.1 Å². The van der Waals surface area contributed by atoms with E-state index in [0.29, 0.717) is 12.4 Å². The number of halogens is 1. The number of hydrogen-bond acceptors (Lipinski definition) is 6. The number of imide groups is 1. The first-order chi connectivity index (χ1) is 12.4. The second-order valence-electron chi connectivity index (χ2n) is 4.96. The van der Waals surface area contributed by atoms with Crippen LogP contribution in [-0.2, 0) is 9.53 Å². The standard InChI is InChI=1S/C17H21ClN2O6/c1-4-6-19-17(23)20-14(21)10-26-16(22)11-8-12(18)15(25-7-5-2)13(9-11)24-3/h4,8-9H,1,5-7,10H2,2-3H3,(H2,19,20,21,23). The van der Waals surface area contributed by atoms with Gasteiger partial charge in [-0.2, -0.15) is 0 Å². The normalized spacial score (nSPS) is 9.81. The fourth-order valence-electron chi connectivity index (χ4n) is 1.77. The second kappa shape index (κ2) is 11.0. The van der Waals surface area contributed by atoms with Crippen molar-refractivity contribution in [3.05, 3.63) is 35.4 Å². The van der Waals surface area contributed by atoms with E-state index in [2.05, 4.69) is 11.9 Å². The summed E-state index contributed by atoms with van der Waals surface area (Å²) in [5.74, 6) is -0.981. The Kier molecular flexibility index (Phi) is 9.00. The predicted molar refractivity (Wildman–Crippen MR) is 95.8 cm³/mol. The number of benzene rings is 1. The molecule has 9 heteroatoms. The molecular formula is C17H21ClN2O6. The lowest BCUT2D eigenvalue weighted by Gasteiger charge is -2.13. The average Bonchev–Trinajstić information content (AvgIpc) is 2.62. The van der Waals surface area contributed by atoms with Gasteiger partial charge in [-0.1, -0.05) is 24.6 Å². The fourth-order valence-corrected chi connectivity index (χ4v) is 2.03. The van der Waals surface area contributed by atoms with Gasteiger partial charge in [0.05, 0.1) is 24.3 Å². The van der Waals surface area contributed by atoms with E-state index in [9.17, 15) is 14.4 Å². The van der Waals surface area contributed by atoms with Gasteiger partial charge in [-0.25, -0.2) is 9.59 Å². The van der Waals surface area contributed by atoms with Crippen LogP contribution in [0.15, 0.2) is 24.8 Å². The zero-order chi connectivity index (χ0) is 19.5. The summed E-state index contributed by atoms with van der Waals surface area (Å²) >= 11 is 6.12. The van der Waals surface area contributed by atoms with E-state index >= 15 is 0 Å². The van der Waals surface area contributed by atoms with Crippen LogP contribution in [-0.4, -0.2) is 44.8 Å². The zero-order valence-corrected chi connectivity index (χ0v) is 15.4. The molecule has 0 aliphatic rings. The smallest absolute Gasteiger partial charge is 0.338 e. The van der Waals surface area contributed by atoms with Crippen molar-refractivity contribution in [1.29, 1.82) is 0 Å². The maximum absolute atomic E-state index is 12.1. The summed E-state index contributed by atoms with van der Waals surface area (Å²) in [5.41, 5.74) is 0.0830. The number of urea groups is 1. The monoisotopic (exact) mass is 384 g/mol. The molecule has 0 aromatic heterocycles. The van der Waals surface area contributed by atoms with Gasteiger partial charge in [-0.15, -0.1) is 6.58 Å². The van der Waals surface area contributed by atoms with Gasteiger partial charge in [-0.05, 0) is 18.6 Å². The number of hydrogen-bond donors (Lipinski definition) is 2. The number of rotatable bonds is 9. The molecule has 1 aromatic carbocycles. The highest BCUT2D eigenvalue weighted by molar-refractivity contribution is 6.32. The molecule has 0 saturated heterocycles. The Morgan fingerprint density at radius 2 is 2.04 bits per heavy atom. The molecule has 0 unspecified atom stereocenters. The molecule has 0 fully saturated rings. The van der Waals surface area contributed by atoms with Crippen LogP contribution in [0.4, 0.5) is 4.79 Å². The lowest BCUT2D eigenvalue weighted by atomic mass is 10.2. The number of nitrogens with one attached hydrogen (secondary N) is 2. The van der Waals surface area contributed by atoms with Gasteiger partial charge in [0.2, 0.25) is 0 Å². The summed E-state index contributed by atoms with van der Waals surface area (Å²) in [4.78, 5) is 35.0. The number of carbonyl (C=O) groups is 3. The summed E-state index contributed by atoms with van der Waals surface area (Å²) in [5, 5.41) is 4.53. The highest BCUT2D eigenvalue weighted by Crippen LogP contribution is 2.36. The Morgan fingerprint density at radius 1 is 1.31 bits per heavy atom. The van der Waals surface area contributed by atoms with Crippen molar-refractivity contribution in [1.82, 2.24) is 10.6 Å². The van der Waals surface area contributed by atoms with E-state index in [1.165, 1.54) is 25.3 Å². The number of carbonyl (C=O) groups excluding carboxylic acids is 3. The SMILES string of the molecule is C=CCNC(=O)NC(=O)COC(=O)c1cc(Cl)c(OCCC)c(OC)c1. The summed E-state index contributed by atoms with van der Waals surface area (Å²) in [6.45, 7) is 5.37. The van der Waals surface area contributed by atoms with Gasteiger partial charge in [-0.3, -0.25) is 10.1 Å². The predicted octanol–water partition coefficient (Wildman–Crippen LogP) is 2.31. The van der Waals surface area contributed by atoms with Crippen molar-refractivity contribution < 1.29 is 28.6 Å². The Balaban J connectivity index is 2.69. The van der Waals surface area contributed by atoms with Gasteiger partial charge in [0.15, 0.2) is 18.1 Å². The topological polar surface area (TPSA) is 103 Å². The minimum absolute atomic E-state index is 0.0830. The van der Waals surface area contributed by atoms with Crippen LogP contribution >= 0.6 is 11.6 Å². The third-order valence-corrected chi connectivity index (χ3v) is 3.19. The molecule has 0 aliphatic heterocycles. The van der Waals surface area contributed by atoms with E-state index in [4.69, 9.17) is 25.8 Å². The van der Waals surface area contributed by atoms with Gasteiger partial charge in [0.1, 0.15) is 0 Å². The third-order valence-electron chi connectivity index (χ3n) is 2.91. The molecule has 0 atom stereocenters. The van der Waals surface area contributed by atoms with Crippen molar-refractivity contribution in [3.8, 4) is 11.5 Å². The van der Waals surface area contributed by atoms with E-state index < -0.39 is 24.5 Å². The highest BCUT2D eigenvalue weighted by atomic mass is 35.5. The molecule has 8 nitrogen and oxygen atoms in total. The summed E-state index contributed by atoms with van der Waals surface area (Å²) in [6.07, 6.45) is 2.23. The molecule has 0 aliphatic carbocycles. The largest absolute Gasteiger partial charge is 0.493 e. The van der Waals surface area contributed by atoms with Crippen molar-refractivity contribution in [2.75, 3.05) is 26.9 Å². The molecule has 0 spiro atoms. The Bertz CT molecular complexity index is 677. The Hall–Kier alpha value is -2.74. The minimum Gasteiger partial charge on any atom is -0.493 e. The van der Waals surface area contributed by atoms with Gasteiger partial charge < -0.3 is 19.5 Å². The Labute approximate surface area is 156 Å². The summed E-state index contributed by atoms with van der Waals surface area (Å²) in [6, 6.07) is 2.04. The molecule has 0 bridgehead atoms. The van der Waals surface area contributed by atoms with Gasteiger partial charge in [0, 0.05) is 6.54 Å². The molecule has 3 amide bonds. The highest BCUT2D eigenvalue weighted by Gasteiger charge is 2.18. The van der Waals surface area contributed by atoms with Crippen LogP contribution in [0.25, 0.3) is 0 Å². The van der Waals surface area contributed by atoms with E-state index in [1.54, 1.807) is 0 Å². The van der Waals surface area contributed by atoms with Crippen molar-refractivity contribution in [3.63, 3.8) is 0 Å². The quantitative estimate of drug-likeness (QED) is 0.500. The van der Waals surface area contributed by atoms with Crippen molar-refractivity contribution in [2.24, 2.45) is 0 Å². The molecule has 0 saturated carbocycles. The molecular weight excluding hydrogens is 364 g/mol. The summed E-state index contributed by atoms with van der Waals surface area (Å²) in [7, 11) is 1.41. The Morgan fingerprint density at radius 3 is 2.65 bits per heavy atom. The van der Waals surface area contributed by atoms with Crippen LogP contribution in [0.2, 0.25) is 5.02 Å². The first-order valence-electron chi connectivity index (χ1n) is 7.78. The van der Waals surface area contributed by atoms with Crippen LogP contribution in [0.3, 0.4) is 0 Å². The van der Waals surface area contributed by atoms with Gasteiger partial charge >= 0.3 is 12.0 Å². The number of ether oxygens (including phenoxy) is 3. The number of amides is 3. The maximum Gasteiger partial charge on any atom is 0.338 e.